The molecule has 22 heavy (non-hydrogen) atoms. The summed E-state index contributed by atoms with van der Waals surface area (Å²) in [4.78, 5) is 22.4. The van der Waals surface area contributed by atoms with Gasteiger partial charge in [0.2, 0.25) is 5.91 Å². The molecule has 1 aromatic carbocycles. The largest absolute Gasteiger partial charge is 0.497 e. The van der Waals surface area contributed by atoms with Crippen molar-refractivity contribution in [2.45, 2.75) is 13.0 Å². The van der Waals surface area contributed by atoms with Gasteiger partial charge in [0.05, 0.1) is 13.3 Å². The van der Waals surface area contributed by atoms with E-state index in [2.05, 4.69) is 15.6 Å². The number of benzene rings is 1. The van der Waals surface area contributed by atoms with Crippen LogP contribution in [0.1, 0.15) is 16.1 Å². The molecule has 0 atom stereocenters. The third-order valence-corrected chi connectivity index (χ3v) is 2.96. The lowest BCUT2D eigenvalue weighted by atomic mass is 10.1. The van der Waals surface area contributed by atoms with E-state index < -0.39 is 5.97 Å². The molecule has 0 aliphatic rings. The summed E-state index contributed by atoms with van der Waals surface area (Å²) in [5, 5.41) is 18.5. The third-order valence-electron chi connectivity index (χ3n) is 2.96. The van der Waals surface area contributed by atoms with Gasteiger partial charge >= 0.3 is 5.97 Å². The lowest BCUT2D eigenvalue weighted by molar-refractivity contribution is -0.121. The standard InChI is InChI=1S/C14H16N4O4/c1-22-11-4-2-10(3-5-11)6-7-15-13(19)9-18-8-12(14(20)21)16-17-18/h2-5,8H,6-7,9H2,1H3,(H,15,19)(H,20,21). The summed E-state index contributed by atoms with van der Waals surface area (Å²) in [5.74, 6) is -0.644. The first-order chi connectivity index (χ1) is 10.6. The van der Waals surface area contributed by atoms with Crippen LogP contribution in [0.4, 0.5) is 0 Å². The van der Waals surface area contributed by atoms with Crippen LogP contribution in [0.15, 0.2) is 30.5 Å². The Hall–Kier alpha value is -2.90. The number of carbonyl (C=O) groups is 2. The van der Waals surface area contributed by atoms with Gasteiger partial charge in [0.25, 0.3) is 0 Å². The van der Waals surface area contributed by atoms with Crippen LogP contribution in [0.25, 0.3) is 0 Å². The fraction of sp³-hybridized carbons (Fsp3) is 0.286. The zero-order chi connectivity index (χ0) is 15.9. The summed E-state index contributed by atoms with van der Waals surface area (Å²) in [6, 6.07) is 7.59. The van der Waals surface area contributed by atoms with Crippen LogP contribution in [0.2, 0.25) is 0 Å². The van der Waals surface area contributed by atoms with E-state index >= 15 is 0 Å². The summed E-state index contributed by atoms with van der Waals surface area (Å²) in [6.07, 6.45) is 1.90. The minimum atomic E-state index is -1.17. The topological polar surface area (TPSA) is 106 Å². The maximum Gasteiger partial charge on any atom is 0.358 e. The molecule has 1 aromatic heterocycles. The van der Waals surface area contributed by atoms with Gasteiger partial charge in [-0.1, -0.05) is 17.3 Å². The number of carbonyl (C=O) groups excluding carboxylic acids is 1. The summed E-state index contributed by atoms with van der Waals surface area (Å²) in [5.41, 5.74) is 0.890. The molecule has 2 N–H and O–H groups in total. The molecule has 0 fully saturated rings. The molecule has 0 bridgehead atoms. The SMILES string of the molecule is COc1ccc(CCNC(=O)Cn2cc(C(=O)O)nn2)cc1. The second-order valence-corrected chi connectivity index (χ2v) is 4.55. The lowest BCUT2D eigenvalue weighted by Crippen LogP contribution is -2.29. The highest BCUT2D eigenvalue weighted by Gasteiger charge is 2.10. The minimum Gasteiger partial charge on any atom is -0.497 e. The second-order valence-electron chi connectivity index (χ2n) is 4.55. The minimum absolute atomic E-state index is 0.0666. The van der Waals surface area contributed by atoms with Crippen molar-refractivity contribution in [3.05, 3.63) is 41.7 Å². The average molecular weight is 304 g/mol. The van der Waals surface area contributed by atoms with Crippen LogP contribution in [0.3, 0.4) is 0 Å². The first kappa shape index (κ1) is 15.5. The molecule has 1 amide bonds. The number of aromatic nitrogens is 3. The number of aromatic carboxylic acids is 1. The number of methoxy groups -OCH3 is 1. The van der Waals surface area contributed by atoms with Crippen molar-refractivity contribution in [3.8, 4) is 5.75 Å². The smallest absolute Gasteiger partial charge is 0.358 e. The van der Waals surface area contributed by atoms with E-state index in [1.165, 1.54) is 10.9 Å². The molecular weight excluding hydrogens is 288 g/mol. The molecule has 0 aliphatic heterocycles. The number of carboxylic acid groups (broad SMARTS) is 1. The predicted molar refractivity (Wildman–Crippen MR) is 76.7 cm³/mol. The zero-order valence-electron chi connectivity index (χ0n) is 12.0. The Morgan fingerprint density at radius 3 is 2.64 bits per heavy atom. The normalized spacial score (nSPS) is 10.2. The Morgan fingerprint density at radius 1 is 1.32 bits per heavy atom. The van der Waals surface area contributed by atoms with Crippen molar-refractivity contribution in [3.63, 3.8) is 0 Å². The second kappa shape index (κ2) is 7.21. The number of nitrogens with one attached hydrogen (secondary N) is 1. The van der Waals surface area contributed by atoms with E-state index in [9.17, 15) is 9.59 Å². The first-order valence-electron chi connectivity index (χ1n) is 6.61. The number of amides is 1. The average Bonchev–Trinajstić information content (AvgIpc) is 2.96. The van der Waals surface area contributed by atoms with E-state index in [-0.39, 0.29) is 18.1 Å². The van der Waals surface area contributed by atoms with E-state index in [0.717, 1.165) is 11.3 Å². The monoisotopic (exact) mass is 304 g/mol. The maximum atomic E-state index is 11.7. The van der Waals surface area contributed by atoms with Crippen LogP contribution in [0, 0.1) is 0 Å². The van der Waals surface area contributed by atoms with E-state index in [0.29, 0.717) is 13.0 Å². The Kier molecular flexibility index (Phi) is 5.07. The number of carboxylic acids is 1. The van der Waals surface area contributed by atoms with Crippen LogP contribution in [-0.4, -0.2) is 45.6 Å². The van der Waals surface area contributed by atoms with Gasteiger partial charge < -0.3 is 15.2 Å². The fourth-order valence-corrected chi connectivity index (χ4v) is 1.82. The molecule has 0 saturated carbocycles. The van der Waals surface area contributed by atoms with Gasteiger partial charge in [0.1, 0.15) is 12.3 Å². The van der Waals surface area contributed by atoms with Crippen molar-refractivity contribution in [2.75, 3.05) is 13.7 Å². The molecule has 0 unspecified atom stereocenters. The number of hydrogen-bond acceptors (Lipinski definition) is 5. The summed E-state index contributed by atoms with van der Waals surface area (Å²) in [6.45, 7) is 0.411. The van der Waals surface area contributed by atoms with Gasteiger partial charge in [0.15, 0.2) is 5.69 Å². The predicted octanol–water partition coefficient (Wildman–Crippen LogP) is 0.344. The molecule has 0 aliphatic carbocycles. The first-order valence-corrected chi connectivity index (χ1v) is 6.61. The maximum absolute atomic E-state index is 11.7. The Morgan fingerprint density at radius 2 is 2.05 bits per heavy atom. The van der Waals surface area contributed by atoms with Crippen LogP contribution < -0.4 is 10.1 Å². The highest BCUT2D eigenvalue weighted by Crippen LogP contribution is 2.11. The van der Waals surface area contributed by atoms with Gasteiger partial charge in [0, 0.05) is 6.54 Å². The quantitative estimate of drug-likeness (QED) is 0.764. The molecule has 0 saturated heterocycles. The van der Waals surface area contributed by atoms with Crippen molar-refractivity contribution in [1.29, 1.82) is 0 Å². The van der Waals surface area contributed by atoms with Crippen LogP contribution >= 0.6 is 0 Å². The molecule has 8 heteroatoms. The van der Waals surface area contributed by atoms with E-state index in [4.69, 9.17) is 9.84 Å². The molecule has 0 radical (unpaired) electrons. The fourth-order valence-electron chi connectivity index (χ4n) is 1.82. The van der Waals surface area contributed by atoms with Crippen LogP contribution in [-0.2, 0) is 17.8 Å². The third kappa shape index (κ3) is 4.30. The number of ether oxygens (including phenoxy) is 1. The molecule has 8 nitrogen and oxygen atoms in total. The summed E-state index contributed by atoms with van der Waals surface area (Å²) >= 11 is 0. The van der Waals surface area contributed by atoms with E-state index in [1.807, 2.05) is 24.3 Å². The molecule has 1 heterocycles. The summed E-state index contributed by atoms with van der Waals surface area (Å²) in [7, 11) is 1.61. The summed E-state index contributed by atoms with van der Waals surface area (Å²) < 4.78 is 6.26. The van der Waals surface area contributed by atoms with E-state index in [1.54, 1.807) is 7.11 Å². The van der Waals surface area contributed by atoms with Gasteiger partial charge in [-0.05, 0) is 24.1 Å². The van der Waals surface area contributed by atoms with Crippen LogP contribution in [0.5, 0.6) is 5.75 Å². The van der Waals surface area contributed by atoms with Gasteiger partial charge in [-0.15, -0.1) is 5.10 Å². The molecule has 116 valence electrons. The Labute approximate surface area is 126 Å². The zero-order valence-corrected chi connectivity index (χ0v) is 12.0. The molecular formula is C14H16N4O4. The van der Waals surface area contributed by atoms with Crippen molar-refractivity contribution in [1.82, 2.24) is 20.3 Å². The molecule has 2 aromatic rings. The Bertz CT molecular complexity index is 651. The van der Waals surface area contributed by atoms with Gasteiger partial charge in [-0.2, -0.15) is 0 Å². The number of nitrogens with zero attached hydrogens (tertiary/aromatic N) is 3. The Balaban J connectivity index is 1.76. The van der Waals surface area contributed by atoms with Crippen molar-refractivity contribution >= 4 is 11.9 Å². The molecule has 2 rings (SSSR count). The number of rotatable bonds is 7. The lowest BCUT2D eigenvalue weighted by Gasteiger charge is -2.06. The highest BCUT2D eigenvalue weighted by atomic mass is 16.5. The van der Waals surface area contributed by atoms with Gasteiger partial charge in [-0.3, -0.25) is 4.79 Å². The molecule has 0 spiro atoms. The highest BCUT2D eigenvalue weighted by molar-refractivity contribution is 5.84. The van der Waals surface area contributed by atoms with Crippen molar-refractivity contribution < 1.29 is 19.4 Å². The van der Waals surface area contributed by atoms with Crippen molar-refractivity contribution in [2.24, 2.45) is 0 Å². The number of hydrogen-bond donors (Lipinski definition) is 2. The van der Waals surface area contributed by atoms with Gasteiger partial charge in [-0.25, -0.2) is 9.48 Å².